The standard InChI is InChI=1S/C14H30N2O/c1-5-16-8-6-13(7-9-16)12(2)15-10-14(3,4)11-17/h12-13,15,17H,5-11H2,1-4H3. The van der Waals surface area contributed by atoms with Gasteiger partial charge in [0.05, 0.1) is 0 Å². The summed E-state index contributed by atoms with van der Waals surface area (Å²) in [6, 6.07) is 0.569. The fraction of sp³-hybridized carbons (Fsp3) is 1.00. The molecule has 0 spiro atoms. The summed E-state index contributed by atoms with van der Waals surface area (Å²) in [4.78, 5) is 2.53. The van der Waals surface area contributed by atoms with Crippen molar-refractivity contribution in [1.82, 2.24) is 10.2 Å². The molecule has 0 aromatic heterocycles. The number of hydrogen-bond donors (Lipinski definition) is 2. The smallest absolute Gasteiger partial charge is 0.0494 e. The number of aliphatic hydroxyl groups is 1. The zero-order valence-corrected chi connectivity index (χ0v) is 12.0. The molecule has 1 aliphatic heterocycles. The Bertz CT molecular complexity index is 210. The number of piperidine rings is 1. The number of nitrogens with zero attached hydrogens (tertiary/aromatic N) is 1. The second kappa shape index (κ2) is 6.72. The Morgan fingerprint density at radius 3 is 2.41 bits per heavy atom. The highest BCUT2D eigenvalue weighted by molar-refractivity contribution is 4.81. The van der Waals surface area contributed by atoms with E-state index in [1.165, 1.54) is 32.5 Å². The number of nitrogens with one attached hydrogen (secondary N) is 1. The molecule has 3 heteroatoms. The molecule has 0 saturated carbocycles. The van der Waals surface area contributed by atoms with Gasteiger partial charge >= 0.3 is 0 Å². The minimum absolute atomic E-state index is 0.00161. The summed E-state index contributed by atoms with van der Waals surface area (Å²) in [5.41, 5.74) is -0.00161. The maximum Gasteiger partial charge on any atom is 0.0494 e. The van der Waals surface area contributed by atoms with Gasteiger partial charge < -0.3 is 15.3 Å². The lowest BCUT2D eigenvalue weighted by Gasteiger charge is -2.36. The van der Waals surface area contributed by atoms with Crippen LogP contribution in [0.25, 0.3) is 0 Å². The van der Waals surface area contributed by atoms with Crippen molar-refractivity contribution in [1.29, 1.82) is 0 Å². The average molecular weight is 242 g/mol. The first-order chi connectivity index (χ1) is 7.98. The molecule has 1 fully saturated rings. The molecule has 0 aliphatic carbocycles. The highest BCUT2D eigenvalue weighted by Crippen LogP contribution is 2.21. The number of aliphatic hydroxyl groups excluding tert-OH is 1. The van der Waals surface area contributed by atoms with Crippen LogP contribution in [0.4, 0.5) is 0 Å². The molecule has 0 aromatic rings. The summed E-state index contributed by atoms with van der Waals surface area (Å²) in [6.07, 6.45) is 2.61. The van der Waals surface area contributed by atoms with Crippen LogP contribution in [-0.4, -0.2) is 48.8 Å². The Kier molecular flexibility index (Phi) is 5.90. The van der Waals surface area contributed by atoms with Crippen LogP contribution < -0.4 is 5.32 Å². The van der Waals surface area contributed by atoms with Gasteiger partial charge in [-0.15, -0.1) is 0 Å². The third-order valence-corrected chi connectivity index (χ3v) is 4.12. The molecule has 0 amide bonds. The van der Waals surface area contributed by atoms with Crippen LogP contribution in [0.15, 0.2) is 0 Å². The van der Waals surface area contributed by atoms with E-state index in [4.69, 9.17) is 0 Å². The summed E-state index contributed by atoms with van der Waals surface area (Å²) in [5, 5.41) is 12.8. The normalized spacial score (nSPS) is 21.7. The predicted molar refractivity (Wildman–Crippen MR) is 73.2 cm³/mol. The molecule has 17 heavy (non-hydrogen) atoms. The van der Waals surface area contributed by atoms with Gasteiger partial charge in [-0.2, -0.15) is 0 Å². The quantitative estimate of drug-likeness (QED) is 0.744. The van der Waals surface area contributed by atoms with Crippen molar-refractivity contribution in [3.8, 4) is 0 Å². The molecule has 0 aromatic carbocycles. The van der Waals surface area contributed by atoms with E-state index in [1.54, 1.807) is 0 Å². The molecular weight excluding hydrogens is 212 g/mol. The van der Waals surface area contributed by atoms with Crippen molar-refractivity contribution >= 4 is 0 Å². The first-order valence-electron chi connectivity index (χ1n) is 7.05. The maximum atomic E-state index is 9.24. The zero-order chi connectivity index (χ0) is 12.9. The summed E-state index contributed by atoms with van der Waals surface area (Å²) in [5.74, 6) is 0.798. The van der Waals surface area contributed by atoms with Crippen molar-refractivity contribution in [2.75, 3.05) is 32.8 Å². The van der Waals surface area contributed by atoms with Crippen LogP contribution >= 0.6 is 0 Å². The van der Waals surface area contributed by atoms with Crippen molar-refractivity contribution in [3.63, 3.8) is 0 Å². The largest absolute Gasteiger partial charge is 0.396 e. The third kappa shape index (κ3) is 4.94. The fourth-order valence-electron chi connectivity index (χ4n) is 2.43. The molecule has 1 heterocycles. The Morgan fingerprint density at radius 1 is 1.35 bits per heavy atom. The first-order valence-corrected chi connectivity index (χ1v) is 7.05. The van der Waals surface area contributed by atoms with Gasteiger partial charge in [0.15, 0.2) is 0 Å². The topological polar surface area (TPSA) is 35.5 Å². The van der Waals surface area contributed by atoms with E-state index in [-0.39, 0.29) is 12.0 Å². The van der Waals surface area contributed by atoms with E-state index in [2.05, 4.69) is 37.9 Å². The SMILES string of the molecule is CCN1CCC(C(C)NCC(C)(C)CO)CC1. The van der Waals surface area contributed by atoms with Crippen LogP contribution in [-0.2, 0) is 0 Å². The van der Waals surface area contributed by atoms with Gasteiger partial charge in [-0.25, -0.2) is 0 Å². The lowest BCUT2D eigenvalue weighted by atomic mass is 9.88. The number of likely N-dealkylation sites (tertiary alicyclic amines) is 1. The van der Waals surface area contributed by atoms with Crippen LogP contribution in [0, 0.1) is 11.3 Å². The van der Waals surface area contributed by atoms with Crippen LogP contribution in [0.1, 0.15) is 40.5 Å². The maximum absolute atomic E-state index is 9.24. The van der Waals surface area contributed by atoms with Gasteiger partial charge in [-0.05, 0) is 45.3 Å². The van der Waals surface area contributed by atoms with E-state index in [9.17, 15) is 5.11 Å². The molecule has 1 unspecified atom stereocenters. The summed E-state index contributed by atoms with van der Waals surface area (Å²) >= 11 is 0. The molecule has 102 valence electrons. The minimum atomic E-state index is -0.00161. The molecule has 3 nitrogen and oxygen atoms in total. The van der Waals surface area contributed by atoms with Gasteiger partial charge in [-0.1, -0.05) is 20.8 Å². The number of hydrogen-bond acceptors (Lipinski definition) is 3. The van der Waals surface area contributed by atoms with Crippen LogP contribution in [0.5, 0.6) is 0 Å². The molecule has 0 radical (unpaired) electrons. The van der Waals surface area contributed by atoms with Gasteiger partial charge in [0, 0.05) is 24.6 Å². The Hall–Kier alpha value is -0.120. The fourth-order valence-corrected chi connectivity index (χ4v) is 2.43. The molecular formula is C14H30N2O. The van der Waals surface area contributed by atoms with E-state index in [0.717, 1.165) is 12.5 Å². The lowest BCUT2D eigenvalue weighted by Crippen LogP contribution is -2.45. The molecule has 1 rings (SSSR count). The van der Waals surface area contributed by atoms with Crippen molar-refractivity contribution in [2.45, 2.75) is 46.6 Å². The molecule has 1 aliphatic rings. The van der Waals surface area contributed by atoms with Gasteiger partial charge in [0.1, 0.15) is 0 Å². The monoisotopic (exact) mass is 242 g/mol. The Labute approximate surface area is 107 Å². The van der Waals surface area contributed by atoms with Crippen LogP contribution in [0.3, 0.4) is 0 Å². The van der Waals surface area contributed by atoms with Gasteiger partial charge in [0.25, 0.3) is 0 Å². The molecule has 0 bridgehead atoms. The average Bonchev–Trinajstić information content (AvgIpc) is 2.36. The van der Waals surface area contributed by atoms with E-state index >= 15 is 0 Å². The van der Waals surface area contributed by atoms with Gasteiger partial charge in [0.2, 0.25) is 0 Å². The Balaban J connectivity index is 2.27. The highest BCUT2D eigenvalue weighted by atomic mass is 16.3. The minimum Gasteiger partial charge on any atom is -0.396 e. The zero-order valence-electron chi connectivity index (χ0n) is 12.0. The highest BCUT2D eigenvalue weighted by Gasteiger charge is 2.24. The predicted octanol–water partition coefficient (Wildman–Crippen LogP) is 1.71. The second-order valence-corrected chi connectivity index (χ2v) is 6.26. The lowest BCUT2D eigenvalue weighted by molar-refractivity contribution is 0.135. The van der Waals surface area contributed by atoms with Gasteiger partial charge in [-0.3, -0.25) is 0 Å². The first kappa shape index (κ1) is 14.9. The summed E-state index contributed by atoms with van der Waals surface area (Å²) in [7, 11) is 0. The molecule has 1 atom stereocenters. The van der Waals surface area contributed by atoms with E-state index < -0.39 is 0 Å². The van der Waals surface area contributed by atoms with Crippen molar-refractivity contribution in [3.05, 3.63) is 0 Å². The van der Waals surface area contributed by atoms with Crippen molar-refractivity contribution < 1.29 is 5.11 Å². The summed E-state index contributed by atoms with van der Waals surface area (Å²) < 4.78 is 0. The van der Waals surface area contributed by atoms with Crippen LogP contribution in [0.2, 0.25) is 0 Å². The third-order valence-electron chi connectivity index (χ3n) is 4.12. The van der Waals surface area contributed by atoms with Crippen molar-refractivity contribution in [2.24, 2.45) is 11.3 Å². The molecule has 1 saturated heterocycles. The second-order valence-electron chi connectivity index (χ2n) is 6.26. The Morgan fingerprint density at radius 2 is 1.94 bits per heavy atom. The van der Waals surface area contributed by atoms with E-state index in [1.807, 2.05) is 0 Å². The number of rotatable bonds is 6. The molecule has 2 N–H and O–H groups in total. The van der Waals surface area contributed by atoms with E-state index in [0.29, 0.717) is 6.04 Å². The summed E-state index contributed by atoms with van der Waals surface area (Å²) in [6.45, 7) is 13.6.